The third kappa shape index (κ3) is 2.74. The summed E-state index contributed by atoms with van der Waals surface area (Å²) in [4.78, 5) is 24.0. The zero-order chi connectivity index (χ0) is 14.0. The zero-order valence-electron chi connectivity index (χ0n) is 9.88. The molecule has 98 valence electrons. The van der Waals surface area contributed by atoms with E-state index in [4.69, 9.17) is 5.26 Å². The molecule has 0 radical (unpaired) electrons. The Bertz CT molecular complexity index is 582. The maximum Gasteiger partial charge on any atom is 0.271 e. The number of hydrogen-bond donors (Lipinski definition) is 0. The number of rotatable bonds is 2. The topological polar surface area (TPSA) is 87.2 Å². The van der Waals surface area contributed by atoms with E-state index >= 15 is 0 Å². The van der Waals surface area contributed by atoms with Crippen LogP contribution < -0.4 is 0 Å². The standard InChI is InChI=1S/C12H10BrN3O3/c13-9-4-8(5-11(6-9)16(18)19)12(17)15-3-1-2-10(15)7-14/h4-6,10H,1-3H2. The lowest BCUT2D eigenvalue weighted by Gasteiger charge is -2.19. The van der Waals surface area contributed by atoms with Crippen LogP contribution >= 0.6 is 15.9 Å². The SMILES string of the molecule is N#CC1CCCN1C(=O)c1cc(Br)cc([N+](=O)[O-])c1. The number of nitriles is 1. The van der Waals surface area contributed by atoms with Gasteiger partial charge in [0.15, 0.2) is 0 Å². The van der Waals surface area contributed by atoms with Gasteiger partial charge in [0.2, 0.25) is 0 Å². The summed E-state index contributed by atoms with van der Waals surface area (Å²) in [6, 6.07) is 5.74. The minimum absolute atomic E-state index is 0.148. The van der Waals surface area contributed by atoms with E-state index in [9.17, 15) is 14.9 Å². The summed E-state index contributed by atoms with van der Waals surface area (Å²) in [5.74, 6) is -0.339. The smallest absolute Gasteiger partial charge is 0.271 e. The molecule has 1 atom stereocenters. The van der Waals surface area contributed by atoms with Gasteiger partial charge in [-0.25, -0.2) is 0 Å². The predicted molar refractivity (Wildman–Crippen MR) is 70.5 cm³/mol. The maximum atomic E-state index is 12.3. The molecule has 1 fully saturated rings. The number of amides is 1. The van der Waals surface area contributed by atoms with Crippen LogP contribution in [-0.4, -0.2) is 28.3 Å². The Balaban J connectivity index is 2.34. The van der Waals surface area contributed by atoms with Crippen LogP contribution in [0.1, 0.15) is 23.2 Å². The number of nitrogens with zero attached hydrogens (tertiary/aromatic N) is 3. The Labute approximate surface area is 117 Å². The molecule has 1 heterocycles. The third-order valence-corrected chi connectivity index (χ3v) is 3.46. The van der Waals surface area contributed by atoms with Gasteiger partial charge in [0.05, 0.1) is 11.0 Å². The first-order chi connectivity index (χ1) is 9.02. The first kappa shape index (κ1) is 13.5. The Hall–Kier alpha value is -1.94. The first-order valence-corrected chi connectivity index (χ1v) is 6.48. The van der Waals surface area contributed by atoms with Gasteiger partial charge in [-0.1, -0.05) is 15.9 Å². The van der Waals surface area contributed by atoms with Gasteiger partial charge in [-0.05, 0) is 18.9 Å². The molecular weight excluding hydrogens is 314 g/mol. The minimum atomic E-state index is -0.548. The van der Waals surface area contributed by atoms with Crippen LogP contribution in [0.15, 0.2) is 22.7 Å². The van der Waals surface area contributed by atoms with Gasteiger partial charge in [-0.2, -0.15) is 5.26 Å². The Kier molecular flexibility index (Phi) is 3.81. The van der Waals surface area contributed by atoms with Crippen molar-refractivity contribution in [1.29, 1.82) is 5.26 Å². The molecule has 1 aliphatic heterocycles. The van der Waals surface area contributed by atoms with Crippen molar-refractivity contribution in [2.75, 3.05) is 6.54 Å². The average Bonchev–Trinajstić information content (AvgIpc) is 2.85. The molecule has 0 aromatic heterocycles. The van der Waals surface area contributed by atoms with Crippen LogP contribution in [-0.2, 0) is 0 Å². The van der Waals surface area contributed by atoms with Gasteiger partial charge in [0.1, 0.15) is 6.04 Å². The second kappa shape index (κ2) is 5.36. The lowest BCUT2D eigenvalue weighted by Crippen LogP contribution is -2.34. The molecule has 0 spiro atoms. The monoisotopic (exact) mass is 323 g/mol. The molecule has 0 aliphatic carbocycles. The van der Waals surface area contributed by atoms with Crippen LogP contribution in [0, 0.1) is 21.4 Å². The molecule has 1 aromatic carbocycles. The second-order valence-corrected chi connectivity index (χ2v) is 5.16. The summed E-state index contributed by atoms with van der Waals surface area (Å²) in [5, 5.41) is 19.7. The fourth-order valence-corrected chi connectivity index (χ4v) is 2.59. The highest BCUT2D eigenvalue weighted by Crippen LogP contribution is 2.25. The molecule has 6 nitrogen and oxygen atoms in total. The summed E-state index contributed by atoms with van der Waals surface area (Å²) in [5.41, 5.74) is 0.0775. The van der Waals surface area contributed by atoms with E-state index in [0.29, 0.717) is 17.4 Å². The van der Waals surface area contributed by atoms with Crippen molar-refractivity contribution < 1.29 is 9.72 Å². The van der Waals surface area contributed by atoms with Gasteiger partial charge < -0.3 is 4.90 Å². The summed E-state index contributed by atoms with van der Waals surface area (Å²) < 4.78 is 0.470. The molecule has 1 saturated heterocycles. The number of nitro benzene ring substituents is 1. The first-order valence-electron chi connectivity index (χ1n) is 5.68. The van der Waals surface area contributed by atoms with Gasteiger partial charge in [0.25, 0.3) is 11.6 Å². The molecule has 1 aliphatic rings. The van der Waals surface area contributed by atoms with Crippen molar-refractivity contribution in [2.45, 2.75) is 18.9 Å². The molecule has 19 heavy (non-hydrogen) atoms. The maximum absolute atomic E-state index is 12.3. The Morgan fingerprint density at radius 2 is 2.26 bits per heavy atom. The van der Waals surface area contributed by atoms with Gasteiger partial charge in [-0.15, -0.1) is 0 Å². The molecule has 7 heteroatoms. The van der Waals surface area contributed by atoms with E-state index < -0.39 is 11.0 Å². The lowest BCUT2D eigenvalue weighted by atomic mass is 10.1. The van der Waals surface area contributed by atoms with E-state index in [1.54, 1.807) is 0 Å². The quantitative estimate of drug-likeness (QED) is 0.618. The minimum Gasteiger partial charge on any atom is -0.323 e. The highest BCUT2D eigenvalue weighted by molar-refractivity contribution is 9.10. The summed E-state index contributed by atoms with van der Waals surface area (Å²) in [7, 11) is 0. The highest BCUT2D eigenvalue weighted by Gasteiger charge is 2.30. The number of non-ortho nitro benzene ring substituents is 1. The zero-order valence-corrected chi connectivity index (χ0v) is 11.5. The number of benzene rings is 1. The summed E-state index contributed by atoms with van der Waals surface area (Å²) >= 11 is 3.15. The molecule has 1 aromatic rings. The fourth-order valence-electron chi connectivity index (χ4n) is 2.11. The highest BCUT2D eigenvalue weighted by atomic mass is 79.9. The molecule has 0 N–H and O–H groups in total. The van der Waals surface area contributed by atoms with E-state index in [-0.39, 0.29) is 17.2 Å². The number of carbonyl (C=O) groups excluding carboxylic acids is 1. The molecule has 0 saturated carbocycles. The molecule has 2 rings (SSSR count). The third-order valence-electron chi connectivity index (χ3n) is 3.00. The number of nitro groups is 1. The van der Waals surface area contributed by atoms with Crippen LogP contribution in [0.25, 0.3) is 0 Å². The molecular formula is C12H10BrN3O3. The molecule has 1 amide bonds. The van der Waals surface area contributed by atoms with Crippen molar-refractivity contribution in [2.24, 2.45) is 0 Å². The van der Waals surface area contributed by atoms with E-state index in [2.05, 4.69) is 22.0 Å². The van der Waals surface area contributed by atoms with Crippen molar-refractivity contribution in [3.63, 3.8) is 0 Å². The molecule has 1 unspecified atom stereocenters. The van der Waals surface area contributed by atoms with Gasteiger partial charge in [-0.3, -0.25) is 14.9 Å². The summed E-state index contributed by atoms with van der Waals surface area (Å²) in [6.07, 6.45) is 1.43. The average molecular weight is 324 g/mol. The van der Waals surface area contributed by atoms with Crippen molar-refractivity contribution in [3.8, 4) is 6.07 Å². The molecule has 0 bridgehead atoms. The van der Waals surface area contributed by atoms with Crippen LogP contribution in [0.2, 0.25) is 0 Å². The van der Waals surface area contributed by atoms with Crippen LogP contribution in [0.3, 0.4) is 0 Å². The lowest BCUT2D eigenvalue weighted by molar-refractivity contribution is -0.385. The van der Waals surface area contributed by atoms with E-state index in [0.717, 1.165) is 6.42 Å². The Morgan fingerprint density at radius 1 is 1.53 bits per heavy atom. The van der Waals surface area contributed by atoms with Gasteiger partial charge >= 0.3 is 0 Å². The van der Waals surface area contributed by atoms with Crippen LogP contribution in [0.4, 0.5) is 5.69 Å². The normalized spacial score (nSPS) is 18.1. The largest absolute Gasteiger partial charge is 0.323 e. The van der Waals surface area contributed by atoms with E-state index in [1.165, 1.54) is 23.1 Å². The van der Waals surface area contributed by atoms with Crippen molar-refractivity contribution >= 4 is 27.5 Å². The van der Waals surface area contributed by atoms with Crippen LogP contribution in [0.5, 0.6) is 0 Å². The van der Waals surface area contributed by atoms with Crippen molar-refractivity contribution in [1.82, 2.24) is 4.90 Å². The summed E-state index contributed by atoms with van der Waals surface area (Å²) in [6.45, 7) is 0.511. The second-order valence-electron chi connectivity index (χ2n) is 4.24. The van der Waals surface area contributed by atoms with Crippen molar-refractivity contribution in [3.05, 3.63) is 38.3 Å². The number of halogens is 1. The fraction of sp³-hybridized carbons (Fsp3) is 0.333. The Morgan fingerprint density at radius 3 is 2.89 bits per heavy atom. The predicted octanol–water partition coefficient (Wildman–Crippen LogP) is 2.49. The number of likely N-dealkylation sites (tertiary alicyclic amines) is 1. The van der Waals surface area contributed by atoms with Gasteiger partial charge in [0, 0.05) is 28.7 Å². The van der Waals surface area contributed by atoms with E-state index in [1.807, 2.05) is 0 Å². The number of hydrogen-bond acceptors (Lipinski definition) is 4. The number of carbonyl (C=O) groups is 1.